The molecule has 1 aromatic carbocycles. The lowest BCUT2D eigenvalue weighted by Crippen LogP contribution is -1.91. The minimum absolute atomic E-state index is 0.658. The van der Waals surface area contributed by atoms with Crippen molar-refractivity contribution >= 4 is 35.1 Å². The van der Waals surface area contributed by atoms with Gasteiger partial charge in [0.25, 0.3) is 0 Å². The van der Waals surface area contributed by atoms with Crippen LogP contribution in [0.1, 0.15) is 11.1 Å². The number of nitrogens with zero attached hydrogens (tertiary/aromatic N) is 1. The summed E-state index contributed by atoms with van der Waals surface area (Å²) in [7, 11) is 1.57. The molecule has 0 aliphatic heterocycles. The second-order valence-electron chi connectivity index (χ2n) is 3.83. The van der Waals surface area contributed by atoms with Crippen LogP contribution in [0.3, 0.4) is 0 Å². The molecule has 104 valence electrons. The number of aromatic nitrogens is 1. The molecule has 0 fully saturated rings. The number of hydrogen-bond donors (Lipinski definition) is 1. The molecular weight excluding hydrogens is 294 g/mol. The standard InChI is InChI=1S/C14H13NO3S2/c1-18-12-4-2-10(8-11(12)3-5-13(16)17)9-20-14-15-6-7-19-14/h2-8H,9H2,1H3,(H,16,17). The Hall–Kier alpha value is -1.79. The summed E-state index contributed by atoms with van der Waals surface area (Å²) in [5.41, 5.74) is 1.85. The van der Waals surface area contributed by atoms with E-state index in [4.69, 9.17) is 9.84 Å². The lowest BCUT2D eigenvalue weighted by molar-refractivity contribution is -0.131. The van der Waals surface area contributed by atoms with Crippen LogP contribution in [0, 0.1) is 0 Å². The number of carbonyl (C=O) groups is 1. The summed E-state index contributed by atoms with van der Waals surface area (Å²) in [6.45, 7) is 0. The molecule has 0 amide bonds. The summed E-state index contributed by atoms with van der Waals surface area (Å²) in [6, 6.07) is 5.75. The number of thiazole rings is 1. The molecular formula is C14H13NO3S2. The average Bonchev–Trinajstić information content (AvgIpc) is 2.96. The fraction of sp³-hybridized carbons (Fsp3) is 0.143. The van der Waals surface area contributed by atoms with Crippen molar-refractivity contribution in [2.45, 2.75) is 10.1 Å². The highest BCUT2D eigenvalue weighted by atomic mass is 32.2. The summed E-state index contributed by atoms with van der Waals surface area (Å²) in [5, 5.41) is 10.6. The highest BCUT2D eigenvalue weighted by Crippen LogP contribution is 2.27. The zero-order valence-corrected chi connectivity index (χ0v) is 12.4. The van der Waals surface area contributed by atoms with E-state index in [0.717, 1.165) is 27.3 Å². The van der Waals surface area contributed by atoms with Crippen molar-refractivity contribution < 1.29 is 14.6 Å². The van der Waals surface area contributed by atoms with Crippen LogP contribution < -0.4 is 4.74 Å². The smallest absolute Gasteiger partial charge is 0.328 e. The largest absolute Gasteiger partial charge is 0.496 e. The van der Waals surface area contributed by atoms with E-state index in [-0.39, 0.29) is 0 Å². The van der Waals surface area contributed by atoms with Crippen molar-refractivity contribution in [1.82, 2.24) is 4.98 Å². The summed E-state index contributed by atoms with van der Waals surface area (Å²) < 4.78 is 6.24. The van der Waals surface area contributed by atoms with Gasteiger partial charge in [-0.2, -0.15) is 0 Å². The highest BCUT2D eigenvalue weighted by Gasteiger charge is 2.04. The van der Waals surface area contributed by atoms with E-state index in [1.54, 1.807) is 42.5 Å². The number of rotatable bonds is 6. The zero-order valence-electron chi connectivity index (χ0n) is 10.8. The Morgan fingerprint density at radius 2 is 2.40 bits per heavy atom. The van der Waals surface area contributed by atoms with Crippen molar-refractivity contribution in [3.05, 3.63) is 47.0 Å². The van der Waals surface area contributed by atoms with Crippen LogP contribution in [0.25, 0.3) is 6.08 Å². The van der Waals surface area contributed by atoms with Gasteiger partial charge in [-0.05, 0) is 23.8 Å². The lowest BCUT2D eigenvalue weighted by atomic mass is 10.1. The molecule has 0 spiro atoms. The van der Waals surface area contributed by atoms with Crippen molar-refractivity contribution in [2.75, 3.05) is 7.11 Å². The van der Waals surface area contributed by atoms with Crippen LogP contribution >= 0.6 is 23.1 Å². The summed E-state index contributed by atoms with van der Waals surface area (Å²) >= 11 is 3.26. The number of carboxylic acid groups (broad SMARTS) is 1. The Morgan fingerprint density at radius 1 is 1.55 bits per heavy atom. The number of aliphatic carboxylic acids is 1. The second kappa shape index (κ2) is 7.12. The Morgan fingerprint density at radius 3 is 3.05 bits per heavy atom. The second-order valence-corrected chi connectivity index (χ2v) is 5.95. The maximum absolute atomic E-state index is 10.6. The molecule has 0 unspecified atom stereocenters. The molecule has 1 N–H and O–H groups in total. The van der Waals surface area contributed by atoms with Gasteiger partial charge < -0.3 is 9.84 Å². The molecule has 0 saturated heterocycles. The van der Waals surface area contributed by atoms with Crippen LogP contribution in [0.4, 0.5) is 0 Å². The molecule has 2 aromatic rings. The van der Waals surface area contributed by atoms with Crippen molar-refractivity contribution in [1.29, 1.82) is 0 Å². The molecule has 0 aliphatic carbocycles. The number of hydrogen-bond acceptors (Lipinski definition) is 5. The minimum atomic E-state index is -0.977. The van der Waals surface area contributed by atoms with E-state index in [1.807, 2.05) is 23.6 Å². The Balaban J connectivity index is 2.14. The fourth-order valence-electron chi connectivity index (χ4n) is 1.59. The van der Waals surface area contributed by atoms with E-state index in [2.05, 4.69) is 4.98 Å². The first-order valence-corrected chi connectivity index (χ1v) is 7.66. The molecule has 4 nitrogen and oxygen atoms in total. The van der Waals surface area contributed by atoms with Crippen LogP contribution in [0.2, 0.25) is 0 Å². The zero-order chi connectivity index (χ0) is 14.4. The Kier molecular flexibility index (Phi) is 5.20. The number of benzene rings is 1. The number of ether oxygens (including phenoxy) is 1. The van der Waals surface area contributed by atoms with E-state index >= 15 is 0 Å². The van der Waals surface area contributed by atoms with E-state index in [9.17, 15) is 4.79 Å². The molecule has 6 heteroatoms. The third-order valence-corrected chi connectivity index (χ3v) is 4.51. The lowest BCUT2D eigenvalue weighted by Gasteiger charge is -2.07. The molecule has 1 aromatic heterocycles. The first-order chi connectivity index (χ1) is 9.69. The third kappa shape index (κ3) is 4.11. The fourth-order valence-corrected chi connectivity index (χ4v) is 3.17. The van der Waals surface area contributed by atoms with Gasteiger partial charge in [0.2, 0.25) is 0 Å². The predicted molar refractivity (Wildman–Crippen MR) is 81.3 cm³/mol. The van der Waals surface area contributed by atoms with Gasteiger partial charge in [-0.3, -0.25) is 0 Å². The van der Waals surface area contributed by atoms with Gasteiger partial charge in [0.15, 0.2) is 0 Å². The summed E-state index contributed by atoms with van der Waals surface area (Å²) in [6.07, 6.45) is 4.43. The van der Waals surface area contributed by atoms with Gasteiger partial charge in [0.1, 0.15) is 10.1 Å². The summed E-state index contributed by atoms with van der Waals surface area (Å²) in [4.78, 5) is 14.8. The topological polar surface area (TPSA) is 59.4 Å². The predicted octanol–water partition coefficient (Wildman–Crippen LogP) is 3.54. The van der Waals surface area contributed by atoms with Gasteiger partial charge in [0.05, 0.1) is 7.11 Å². The average molecular weight is 307 g/mol. The van der Waals surface area contributed by atoms with Crippen molar-refractivity contribution in [3.63, 3.8) is 0 Å². The summed E-state index contributed by atoms with van der Waals surface area (Å²) in [5.74, 6) is 0.464. The Labute approximate surface area is 125 Å². The highest BCUT2D eigenvalue weighted by molar-refractivity contribution is 8.00. The molecule has 1 heterocycles. The van der Waals surface area contributed by atoms with Crippen molar-refractivity contribution in [2.24, 2.45) is 0 Å². The van der Waals surface area contributed by atoms with Crippen LogP contribution in [0.5, 0.6) is 5.75 Å². The quantitative estimate of drug-likeness (QED) is 0.653. The van der Waals surface area contributed by atoms with E-state index < -0.39 is 5.97 Å². The van der Waals surface area contributed by atoms with Crippen LogP contribution in [-0.2, 0) is 10.5 Å². The monoisotopic (exact) mass is 307 g/mol. The third-order valence-electron chi connectivity index (χ3n) is 2.47. The van der Waals surface area contributed by atoms with Crippen LogP contribution in [-0.4, -0.2) is 23.2 Å². The SMILES string of the molecule is COc1ccc(CSc2nccs2)cc1C=CC(=O)O. The first kappa shape index (κ1) is 14.6. The normalized spacial score (nSPS) is 10.8. The van der Waals surface area contributed by atoms with Gasteiger partial charge in [-0.25, -0.2) is 9.78 Å². The van der Waals surface area contributed by atoms with Gasteiger partial charge in [-0.1, -0.05) is 17.8 Å². The van der Waals surface area contributed by atoms with Gasteiger partial charge in [0, 0.05) is 29.0 Å². The number of thioether (sulfide) groups is 1. The first-order valence-electron chi connectivity index (χ1n) is 5.79. The molecule has 20 heavy (non-hydrogen) atoms. The molecule has 2 rings (SSSR count). The van der Waals surface area contributed by atoms with Gasteiger partial charge >= 0.3 is 5.97 Å². The molecule has 0 radical (unpaired) electrons. The molecule has 0 bridgehead atoms. The van der Waals surface area contributed by atoms with Gasteiger partial charge in [-0.15, -0.1) is 11.3 Å². The van der Waals surface area contributed by atoms with E-state index in [0.29, 0.717) is 5.75 Å². The minimum Gasteiger partial charge on any atom is -0.496 e. The maximum atomic E-state index is 10.6. The molecule has 0 atom stereocenters. The Bertz CT molecular complexity index is 609. The van der Waals surface area contributed by atoms with Crippen molar-refractivity contribution in [3.8, 4) is 5.75 Å². The number of carboxylic acids is 1. The van der Waals surface area contributed by atoms with E-state index in [1.165, 1.54) is 0 Å². The molecule has 0 aliphatic rings. The maximum Gasteiger partial charge on any atom is 0.328 e. The molecule has 0 saturated carbocycles. The number of methoxy groups -OCH3 is 1. The van der Waals surface area contributed by atoms with Crippen LogP contribution in [0.15, 0.2) is 40.2 Å².